The molecule has 0 saturated carbocycles. The zero-order valence-electron chi connectivity index (χ0n) is 31.4. The van der Waals surface area contributed by atoms with Crippen LogP contribution in [0.5, 0.6) is 0 Å². The largest absolute Gasteiger partial charge is 0.374 e. The van der Waals surface area contributed by atoms with E-state index in [0.717, 1.165) is 85.6 Å². The molecule has 0 bridgehead atoms. The predicted octanol–water partition coefficient (Wildman–Crippen LogP) is 4.68. The minimum Gasteiger partial charge on any atom is -0.374 e. The Labute approximate surface area is 314 Å². The number of amides is 3. The van der Waals surface area contributed by atoms with E-state index in [1.54, 1.807) is 6.33 Å². The van der Waals surface area contributed by atoms with Crippen molar-refractivity contribution in [2.45, 2.75) is 77.8 Å². The van der Waals surface area contributed by atoms with Gasteiger partial charge in [-0.25, -0.2) is 9.50 Å². The molecule has 2 saturated heterocycles. The van der Waals surface area contributed by atoms with Crippen molar-refractivity contribution in [2.75, 3.05) is 42.9 Å². The minimum absolute atomic E-state index is 0.0311. The van der Waals surface area contributed by atoms with Crippen molar-refractivity contribution in [1.82, 2.24) is 40.3 Å². The fraction of sp³-hybridized carbons (Fsp3) is 0.425. The molecule has 14 heteroatoms. The summed E-state index contributed by atoms with van der Waals surface area (Å²) < 4.78 is 7.18. The van der Waals surface area contributed by atoms with Crippen molar-refractivity contribution in [3.8, 4) is 11.3 Å². The number of anilines is 2. The zero-order chi connectivity index (χ0) is 37.8. The summed E-state index contributed by atoms with van der Waals surface area (Å²) in [6, 6.07) is 16.2. The first-order valence-electron chi connectivity index (χ1n) is 18.7. The van der Waals surface area contributed by atoms with Crippen LogP contribution in [0.3, 0.4) is 0 Å². The smallest absolute Gasteiger partial charge is 0.292 e. The number of aromatic nitrogens is 5. The number of piperidine rings is 1. The lowest BCUT2D eigenvalue weighted by atomic mass is 9.97. The number of carbonyl (C=O) groups is 3. The van der Waals surface area contributed by atoms with Gasteiger partial charge in [0.05, 0.1) is 11.2 Å². The van der Waals surface area contributed by atoms with Gasteiger partial charge in [-0.2, -0.15) is 10.1 Å². The minimum atomic E-state index is -0.379. The van der Waals surface area contributed by atoms with Crippen molar-refractivity contribution in [2.24, 2.45) is 0 Å². The molecule has 2 aromatic carbocycles. The SMILES string of the molecule is Cc1cc(-c2ncnn3cc(CCCCN4CCN(c5ccc(NC6CCC(=O)NC6=O)cc5)CC4)cc23)ccc1CNC(=O)c1noc(C(C)(C)C)n1. The third kappa shape index (κ3) is 8.60. The molecule has 0 aliphatic carbocycles. The molecule has 3 aromatic heterocycles. The highest BCUT2D eigenvalue weighted by molar-refractivity contribution is 6.01. The normalized spacial score (nSPS) is 16.8. The zero-order valence-corrected chi connectivity index (χ0v) is 31.4. The van der Waals surface area contributed by atoms with E-state index in [4.69, 9.17) is 4.52 Å². The van der Waals surface area contributed by atoms with Gasteiger partial charge in [-0.15, -0.1) is 0 Å². The second-order valence-corrected chi connectivity index (χ2v) is 15.3. The number of nitrogens with zero attached hydrogens (tertiary/aromatic N) is 7. The Morgan fingerprint density at radius 1 is 1.02 bits per heavy atom. The van der Waals surface area contributed by atoms with Crippen LogP contribution in [0.2, 0.25) is 0 Å². The Morgan fingerprint density at radius 2 is 1.81 bits per heavy atom. The number of imide groups is 1. The Balaban J connectivity index is 0.864. The van der Waals surface area contributed by atoms with E-state index in [2.05, 4.69) is 76.4 Å². The number of aryl methyl sites for hydroxylation is 2. The molecule has 7 rings (SSSR count). The first-order chi connectivity index (χ1) is 26.0. The summed E-state index contributed by atoms with van der Waals surface area (Å²) in [5.74, 6) is -0.384. The molecule has 1 unspecified atom stereocenters. The Kier molecular flexibility index (Phi) is 10.7. The first kappa shape index (κ1) is 36.7. The van der Waals surface area contributed by atoms with Gasteiger partial charge in [-0.05, 0) is 92.2 Å². The molecule has 14 nitrogen and oxygen atoms in total. The van der Waals surface area contributed by atoms with Gasteiger partial charge < -0.3 is 20.1 Å². The second kappa shape index (κ2) is 15.8. The van der Waals surface area contributed by atoms with E-state index < -0.39 is 0 Å². The fourth-order valence-corrected chi connectivity index (χ4v) is 6.95. The highest BCUT2D eigenvalue weighted by atomic mass is 16.5. The molecule has 0 radical (unpaired) electrons. The maximum Gasteiger partial charge on any atom is 0.292 e. The van der Waals surface area contributed by atoms with Crippen molar-refractivity contribution in [3.63, 3.8) is 0 Å². The number of benzene rings is 2. The highest BCUT2D eigenvalue weighted by Crippen LogP contribution is 2.27. The first-order valence-corrected chi connectivity index (χ1v) is 18.7. The molecular weight excluding hydrogens is 685 g/mol. The molecule has 1 atom stereocenters. The summed E-state index contributed by atoms with van der Waals surface area (Å²) in [7, 11) is 0. The molecule has 0 spiro atoms. The Morgan fingerprint density at radius 3 is 2.54 bits per heavy atom. The molecule has 5 heterocycles. The fourth-order valence-electron chi connectivity index (χ4n) is 6.95. The number of carbonyl (C=O) groups excluding carboxylic acids is 3. The van der Waals surface area contributed by atoms with Crippen molar-refractivity contribution in [1.29, 1.82) is 0 Å². The van der Waals surface area contributed by atoms with Gasteiger partial charge in [-0.3, -0.25) is 24.6 Å². The summed E-state index contributed by atoms with van der Waals surface area (Å²) in [4.78, 5) is 50.0. The maximum absolute atomic E-state index is 12.7. The van der Waals surface area contributed by atoms with Gasteiger partial charge in [0.15, 0.2) is 0 Å². The van der Waals surface area contributed by atoms with Gasteiger partial charge in [0, 0.05) is 67.7 Å². The molecule has 5 aromatic rings. The van der Waals surface area contributed by atoms with Crippen LogP contribution < -0.4 is 20.9 Å². The summed E-state index contributed by atoms with van der Waals surface area (Å²) in [6.07, 6.45) is 7.74. The number of fused-ring (bicyclic) bond motifs is 1. The molecule has 2 aliphatic heterocycles. The molecule has 2 aliphatic rings. The highest BCUT2D eigenvalue weighted by Gasteiger charge is 2.27. The predicted molar refractivity (Wildman–Crippen MR) is 205 cm³/mol. The standard InChI is InChI=1S/C40H48N10O4/c1-26-21-28(8-9-29(26)23-41-38(53)36-46-39(54-47-36)40(2,3)4)35-33-22-27(24-50(33)43-25-42-35)7-5-6-16-48-17-19-49(20-18-48)31-12-10-30(11-13-31)44-32-14-15-34(51)45-37(32)52/h8-13,21-22,24-25,32,44H,5-7,14-20,23H2,1-4H3,(H,41,53)(H,45,51,52). The third-order valence-electron chi connectivity index (χ3n) is 10.2. The number of nitrogens with one attached hydrogen (secondary N) is 3. The molecule has 2 fully saturated rings. The summed E-state index contributed by atoms with van der Waals surface area (Å²) in [5.41, 5.74) is 7.83. The Hall–Kier alpha value is -5.63. The lowest BCUT2D eigenvalue weighted by molar-refractivity contribution is -0.133. The van der Waals surface area contributed by atoms with E-state index in [-0.39, 0.29) is 35.0 Å². The Bertz CT molecular complexity index is 2130. The van der Waals surface area contributed by atoms with E-state index in [1.165, 1.54) is 11.3 Å². The number of rotatable bonds is 12. The van der Waals surface area contributed by atoms with Crippen LogP contribution in [0.25, 0.3) is 16.8 Å². The van der Waals surface area contributed by atoms with Gasteiger partial charge in [0.1, 0.15) is 12.4 Å². The molecule has 3 N–H and O–H groups in total. The monoisotopic (exact) mass is 732 g/mol. The summed E-state index contributed by atoms with van der Waals surface area (Å²) in [6.45, 7) is 13.3. The topological polar surface area (TPSA) is 163 Å². The van der Waals surface area contributed by atoms with Crippen LogP contribution in [0.4, 0.5) is 11.4 Å². The van der Waals surface area contributed by atoms with Crippen LogP contribution >= 0.6 is 0 Å². The van der Waals surface area contributed by atoms with Crippen molar-refractivity contribution < 1.29 is 18.9 Å². The number of hydrogen-bond acceptors (Lipinski definition) is 11. The lowest BCUT2D eigenvalue weighted by Crippen LogP contribution is -2.47. The van der Waals surface area contributed by atoms with Crippen LogP contribution in [-0.2, 0) is 28.0 Å². The van der Waals surface area contributed by atoms with Crippen molar-refractivity contribution >= 4 is 34.6 Å². The molecule has 282 valence electrons. The van der Waals surface area contributed by atoms with Crippen LogP contribution in [0.15, 0.2) is 65.6 Å². The summed E-state index contributed by atoms with van der Waals surface area (Å²) >= 11 is 0. The van der Waals surface area contributed by atoms with E-state index in [9.17, 15) is 14.4 Å². The molecule has 3 amide bonds. The lowest BCUT2D eigenvalue weighted by Gasteiger charge is -2.36. The van der Waals surface area contributed by atoms with Crippen LogP contribution in [0, 0.1) is 6.92 Å². The molecule has 54 heavy (non-hydrogen) atoms. The van der Waals surface area contributed by atoms with Gasteiger partial charge in [-0.1, -0.05) is 38.1 Å². The van der Waals surface area contributed by atoms with Crippen LogP contribution in [-0.4, -0.2) is 86.1 Å². The number of piperazine rings is 1. The van der Waals surface area contributed by atoms with Crippen molar-refractivity contribution in [3.05, 3.63) is 89.5 Å². The number of unbranched alkanes of at least 4 members (excludes halogenated alkanes) is 1. The third-order valence-corrected chi connectivity index (χ3v) is 10.2. The van der Waals surface area contributed by atoms with E-state index in [0.29, 0.717) is 25.3 Å². The molecular formula is C40H48N10O4. The summed E-state index contributed by atoms with van der Waals surface area (Å²) in [5, 5.41) is 16.9. The van der Waals surface area contributed by atoms with Gasteiger partial charge in [0.2, 0.25) is 17.7 Å². The van der Waals surface area contributed by atoms with E-state index in [1.807, 2.05) is 56.5 Å². The van der Waals surface area contributed by atoms with Gasteiger partial charge >= 0.3 is 0 Å². The average molecular weight is 733 g/mol. The number of hydrogen-bond donors (Lipinski definition) is 3. The average Bonchev–Trinajstić information content (AvgIpc) is 3.83. The van der Waals surface area contributed by atoms with E-state index >= 15 is 0 Å². The maximum atomic E-state index is 12.7. The second-order valence-electron chi connectivity index (χ2n) is 15.3. The van der Waals surface area contributed by atoms with Gasteiger partial charge in [0.25, 0.3) is 11.7 Å². The quantitative estimate of drug-likeness (QED) is 0.121. The van der Waals surface area contributed by atoms with Crippen LogP contribution in [0.1, 0.15) is 79.7 Å².